The van der Waals surface area contributed by atoms with Gasteiger partial charge >= 0.3 is 5.97 Å². The zero-order valence-corrected chi connectivity index (χ0v) is 16.9. The number of carbonyl (C=O) groups is 1. The second-order valence-corrected chi connectivity index (χ2v) is 6.64. The van der Waals surface area contributed by atoms with Crippen LogP contribution in [-0.4, -0.2) is 24.7 Å². The SMILES string of the molecule is CNCc1ccc(OCC(=O)O)c(-c2cccc(F)c2F)c1.Fc1ccc(S)cc1. The number of halogens is 3. The number of rotatable bonds is 6. The molecule has 0 fully saturated rings. The van der Waals surface area contributed by atoms with Gasteiger partial charge in [0.15, 0.2) is 18.2 Å². The minimum atomic E-state index is -1.15. The molecule has 0 unspecified atom stereocenters. The normalized spacial score (nSPS) is 10.2. The number of hydrogen-bond acceptors (Lipinski definition) is 4. The van der Waals surface area contributed by atoms with E-state index in [9.17, 15) is 18.0 Å². The molecule has 3 aromatic rings. The van der Waals surface area contributed by atoms with Crippen molar-refractivity contribution in [1.29, 1.82) is 0 Å². The van der Waals surface area contributed by atoms with E-state index < -0.39 is 24.2 Å². The van der Waals surface area contributed by atoms with Gasteiger partial charge in [-0.1, -0.05) is 18.2 Å². The molecule has 8 heteroatoms. The van der Waals surface area contributed by atoms with E-state index in [0.717, 1.165) is 16.5 Å². The van der Waals surface area contributed by atoms with Crippen molar-refractivity contribution < 1.29 is 27.8 Å². The van der Waals surface area contributed by atoms with E-state index in [1.54, 1.807) is 37.4 Å². The monoisotopic (exact) mass is 435 g/mol. The highest BCUT2D eigenvalue weighted by molar-refractivity contribution is 7.80. The number of benzene rings is 3. The average molecular weight is 435 g/mol. The molecule has 4 nitrogen and oxygen atoms in total. The van der Waals surface area contributed by atoms with Gasteiger partial charge in [0.25, 0.3) is 0 Å². The number of carboxylic acid groups (broad SMARTS) is 1. The largest absolute Gasteiger partial charge is 0.481 e. The lowest BCUT2D eigenvalue weighted by Crippen LogP contribution is -2.11. The molecule has 158 valence electrons. The van der Waals surface area contributed by atoms with E-state index in [0.29, 0.717) is 12.1 Å². The Balaban J connectivity index is 0.000000335. The highest BCUT2D eigenvalue weighted by Crippen LogP contribution is 2.33. The van der Waals surface area contributed by atoms with Crippen LogP contribution in [0.3, 0.4) is 0 Å². The second-order valence-electron chi connectivity index (χ2n) is 6.12. The minimum Gasteiger partial charge on any atom is -0.481 e. The van der Waals surface area contributed by atoms with Crippen molar-refractivity contribution in [1.82, 2.24) is 5.32 Å². The molecule has 0 aliphatic heterocycles. The van der Waals surface area contributed by atoms with Crippen LogP contribution in [0.15, 0.2) is 65.6 Å². The van der Waals surface area contributed by atoms with E-state index in [-0.39, 0.29) is 17.1 Å². The summed E-state index contributed by atoms with van der Waals surface area (Å²) < 4.78 is 44.7. The number of thiol groups is 1. The van der Waals surface area contributed by atoms with Crippen LogP contribution in [0.4, 0.5) is 13.2 Å². The molecular weight excluding hydrogens is 415 g/mol. The summed E-state index contributed by atoms with van der Waals surface area (Å²) in [7, 11) is 1.76. The summed E-state index contributed by atoms with van der Waals surface area (Å²) in [6.07, 6.45) is 0. The van der Waals surface area contributed by atoms with Crippen LogP contribution in [0.25, 0.3) is 11.1 Å². The van der Waals surface area contributed by atoms with Crippen molar-refractivity contribution >= 4 is 18.6 Å². The summed E-state index contributed by atoms with van der Waals surface area (Å²) in [6, 6.07) is 14.7. The summed E-state index contributed by atoms with van der Waals surface area (Å²) in [5.41, 5.74) is 1.17. The van der Waals surface area contributed by atoms with E-state index in [1.807, 2.05) is 0 Å². The molecule has 0 heterocycles. The molecule has 0 bridgehead atoms. The van der Waals surface area contributed by atoms with E-state index in [2.05, 4.69) is 17.9 Å². The molecule has 0 saturated carbocycles. The lowest BCUT2D eigenvalue weighted by Gasteiger charge is -2.13. The Kier molecular flexibility index (Phi) is 8.76. The van der Waals surface area contributed by atoms with E-state index in [4.69, 9.17) is 9.84 Å². The molecular formula is C22H20F3NO3S. The van der Waals surface area contributed by atoms with Gasteiger partial charge < -0.3 is 15.2 Å². The first-order valence-corrected chi connectivity index (χ1v) is 9.27. The number of nitrogens with one attached hydrogen (secondary N) is 1. The zero-order chi connectivity index (χ0) is 22.1. The maximum Gasteiger partial charge on any atom is 0.341 e. The van der Waals surface area contributed by atoms with Crippen molar-refractivity contribution in [2.75, 3.05) is 13.7 Å². The third-order valence-corrected chi connectivity index (χ3v) is 4.14. The standard InChI is InChI=1S/C16H15F2NO3.C6H5FS/c1-19-8-10-5-6-14(22-9-15(20)21)12(7-10)11-3-2-4-13(17)16(11)18;7-5-1-3-6(8)4-2-5/h2-7,19H,8-9H2,1H3,(H,20,21);1-4,8H. The molecule has 2 N–H and O–H groups in total. The van der Waals surface area contributed by atoms with Crippen LogP contribution in [0.2, 0.25) is 0 Å². The fourth-order valence-corrected chi connectivity index (χ4v) is 2.67. The van der Waals surface area contributed by atoms with Gasteiger partial charge in [-0.3, -0.25) is 0 Å². The van der Waals surface area contributed by atoms with E-state index >= 15 is 0 Å². The van der Waals surface area contributed by atoms with Crippen LogP contribution in [0.1, 0.15) is 5.56 Å². The number of hydrogen-bond donors (Lipinski definition) is 3. The van der Waals surface area contributed by atoms with Gasteiger partial charge in [0, 0.05) is 22.6 Å². The average Bonchev–Trinajstić information content (AvgIpc) is 2.72. The molecule has 0 aromatic heterocycles. The Bertz CT molecular complexity index is 976. The first kappa shape index (κ1) is 23.3. The second kappa shape index (κ2) is 11.3. The van der Waals surface area contributed by atoms with Gasteiger partial charge in [-0.2, -0.15) is 0 Å². The molecule has 0 atom stereocenters. The molecule has 0 radical (unpaired) electrons. The van der Waals surface area contributed by atoms with Gasteiger partial charge in [0.05, 0.1) is 0 Å². The maximum absolute atomic E-state index is 14.0. The smallest absolute Gasteiger partial charge is 0.341 e. The molecule has 30 heavy (non-hydrogen) atoms. The molecule has 0 amide bonds. The Hall–Kier alpha value is -2.97. The zero-order valence-electron chi connectivity index (χ0n) is 16.0. The van der Waals surface area contributed by atoms with Gasteiger partial charge in [-0.25, -0.2) is 18.0 Å². The third kappa shape index (κ3) is 6.82. The highest BCUT2D eigenvalue weighted by atomic mass is 32.1. The maximum atomic E-state index is 14.0. The Morgan fingerprint density at radius 1 is 1.03 bits per heavy atom. The molecule has 0 saturated heterocycles. The van der Waals surface area contributed by atoms with E-state index in [1.165, 1.54) is 24.3 Å². The Morgan fingerprint density at radius 3 is 2.33 bits per heavy atom. The van der Waals surface area contributed by atoms with Crippen LogP contribution in [0, 0.1) is 17.5 Å². The molecule has 3 aromatic carbocycles. The summed E-state index contributed by atoms with van der Waals surface area (Å²) in [4.78, 5) is 11.4. The van der Waals surface area contributed by atoms with Gasteiger partial charge in [-0.05, 0) is 55.1 Å². The van der Waals surface area contributed by atoms with Crippen molar-refractivity contribution in [3.63, 3.8) is 0 Å². The lowest BCUT2D eigenvalue weighted by molar-refractivity contribution is -0.139. The fraction of sp³-hybridized carbons (Fsp3) is 0.136. The quantitative estimate of drug-likeness (QED) is 0.481. The van der Waals surface area contributed by atoms with Gasteiger partial charge in [0.1, 0.15) is 11.6 Å². The van der Waals surface area contributed by atoms with Gasteiger partial charge in [-0.15, -0.1) is 12.6 Å². The van der Waals surface area contributed by atoms with Crippen LogP contribution < -0.4 is 10.1 Å². The first-order chi connectivity index (χ1) is 14.3. The van der Waals surface area contributed by atoms with Crippen LogP contribution in [-0.2, 0) is 11.3 Å². The van der Waals surface area contributed by atoms with Crippen molar-refractivity contribution in [2.45, 2.75) is 11.4 Å². The Morgan fingerprint density at radius 2 is 1.73 bits per heavy atom. The molecule has 0 spiro atoms. The van der Waals surface area contributed by atoms with Crippen molar-refractivity contribution in [3.8, 4) is 16.9 Å². The number of aliphatic carboxylic acids is 1. The summed E-state index contributed by atoms with van der Waals surface area (Å²) in [5, 5.41) is 11.7. The van der Waals surface area contributed by atoms with Gasteiger partial charge in [0.2, 0.25) is 0 Å². The molecule has 0 aliphatic rings. The highest BCUT2D eigenvalue weighted by Gasteiger charge is 2.15. The third-order valence-electron chi connectivity index (χ3n) is 3.84. The Labute approximate surface area is 177 Å². The minimum absolute atomic E-state index is 0.0262. The predicted octanol–water partition coefficient (Wildman–Crippen LogP) is 4.93. The molecule has 0 aliphatic carbocycles. The summed E-state index contributed by atoms with van der Waals surface area (Å²) >= 11 is 3.97. The molecule has 3 rings (SSSR count). The van der Waals surface area contributed by atoms with Crippen LogP contribution >= 0.6 is 12.6 Å². The fourth-order valence-electron chi connectivity index (χ4n) is 2.52. The summed E-state index contributed by atoms with van der Waals surface area (Å²) in [6.45, 7) is -0.0293. The topological polar surface area (TPSA) is 58.6 Å². The first-order valence-electron chi connectivity index (χ1n) is 8.83. The lowest BCUT2D eigenvalue weighted by atomic mass is 10.0. The predicted molar refractivity (Wildman–Crippen MR) is 111 cm³/mol. The van der Waals surface area contributed by atoms with Crippen molar-refractivity contribution in [2.24, 2.45) is 0 Å². The van der Waals surface area contributed by atoms with Crippen molar-refractivity contribution in [3.05, 3.63) is 83.7 Å². The van der Waals surface area contributed by atoms with Crippen LogP contribution in [0.5, 0.6) is 5.75 Å². The number of carboxylic acids is 1. The summed E-state index contributed by atoms with van der Waals surface area (Å²) in [5.74, 6) is -3.15. The number of ether oxygens (including phenoxy) is 1.